The van der Waals surface area contributed by atoms with Gasteiger partial charge in [0.2, 0.25) is 0 Å². The Balaban J connectivity index is 1.89. The molecule has 0 fully saturated rings. The quantitative estimate of drug-likeness (QED) is 0.591. The van der Waals surface area contributed by atoms with Crippen LogP contribution < -0.4 is 9.47 Å². The van der Waals surface area contributed by atoms with Crippen molar-refractivity contribution >= 4 is 11.6 Å². The van der Waals surface area contributed by atoms with E-state index in [0.29, 0.717) is 31.1 Å². The van der Waals surface area contributed by atoms with Gasteiger partial charge in [-0.1, -0.05) is 6.07 Å². The molecular weight excluding hydrogens is 290 g/mol. The second-order valence-corrected chi connectivity index (χ2v) is 5.01. The molecule has 0 saturated carbocycles. The maximum Gasteiger partial charge on any atom is 0.261 e. The summed E-state index contributed by atoms with van der Waals surface area (Å²) in [5.74, 6) is 1.39. The van der Waals surface area contributed by atoms with Gasteiger partial charge in [-0.05, 0) is 24.1 Å². The van der Waals surface area contributed by atoms with E-state index in [2.05, 4.69) is 0 Å². The molecule has 1 unspecified atom stereocenters. The number of hydrogen-bond acceptors (Lipinski definition) is 3. The Bertz CT molecular complexity index is 429. The minimum atomic E-state index is -2.44. The minimum absolute atomic E-state index is 0.201. The van der Waals surface area contributed by atoms with Crippen LogP contribution in [0.3, 0.4) is 0 Å². The summed E-state index contributed by atoms with van der Waals surface area (Å²) in [4.78, 5) is 0. The molecule has 0 saturated heterocycles. The van der Waals surface area contributed by atoms with E-state index in [1.54, 1.807) is 0 Å². The van der Waals surface area contributed by atoms with E-state index in [1.165, 1.54) is 0 Å². The molecule has 0 spiro atoms. The zero-order chi connectivity index (χ0) is 14.4. The van der Waals surface area contributed by atoms with Crippen LogP contribution in [0.15, 0.2) is 18.2 Å². The van der Waals surface area contributed by atoms with Gasteiger partial charge in [0.15, 0.2) is 11.5 Å². The fourth-order valence-electron chi connectivity index (χ4n) is 1.90. The second-order valence-electron chi connectivity index (χ2n) is 4.48. The third kappa shape index (κ3) is 4.49. The average molecular weight is 307 g/mol. The molecule has 0 amide bonds. The Morgan fingerprint density at radius 3 is 2.70 bits per heavy atom. The zero-order valence-electron chi connectivity index (χ0n) is 11.0. The SMILES string of the molecule is FC(F)COCCC(Cl)c1ccc2c(c1)OCCCO2. The first kappa shape index (κ1) is 15.3. The molecule has 1 aliphatic rings. The lowest BCUT2D eigenvalue weighted by molar-refractivity contribution is 0.0165. The van der Waals surface area contributed by atoms with Gasteiger partial charge in [0.05, 0.1) is 18.6 Å². The molecule has 1 aromatic carbocycles. The number of fused-ring (bicyclic) bond motifs is 1. The van der Waals surface area contributed by atoms with E-state index in [4.69, 9.17) is 25.8 Å². The van der Waals surface area contributed by atoms with Gasteiger partial charge >= 0.3 is 0 Å². The van der Waals surface area contributed by atoms with Gasteiger partial charge in [0, 0.05) is 13.0 Å². The van der Waals surface area contributed by atoms with Crippen LogP contribution in [0.4, 0.5) is 8.78 Å². The van der Waals surface area contributed by atoms with Gasteiger partial charge in [-0.15, -0.1) is 11.6 Å². The lowest BCUT2D eigenvalue weighted by Gasteiger charge is -2.13. The van der Waals surface area contributed by atoms with Crippen molar-refractivity contribution < 1.29 is 23.0 Å². The predicted octanol–water partition coefficient (Wildman–Crippen LogP) is 3.80. The molecule has 0 aromatic heterocycles. The van der Waals surface area contributed by atoms with Crippen molar-refractivity contribution in [3.63, 3.8) is 0 Å². The summed E-state index contributed by atoms with van der Waals surface area (Å²) < 4.78 is 39.8. The van der Waals surface area contributed by atoms with Crippen LogP contribution in [0, 0.1) is 0 Å². The molecule has 2 rings (SSSR count). The summed E-state index contributed by atoms with van der Waals surface area (Å²) in [5, 5.41) is -0.301. The normalized spacial score (nSPS) is 16.0. The number of rotatable bonds is 6. The van der Waals surface area contributed by atoms with Gasteiger partial charge in [0.25, 0.3) is 6.43 Å². The fraction of sp³-hybridized carbons (Fsp3) is 0.571. The lowest BCUT2D eigenvalue weighted by atomic mass is 10.1. The Morgan fingerprint density at radius 2 is 1.95 bits per heavy atom. The zero-order valence-corrected chi connectivity index (χ0v) is 11.7. The Morgan fingerprint density at radius 1 is 1.20 bits per heavy atom. The van der Waals surface area contributed by atoms with E-state index in [0.717, 1.165) is 12.0 Å². The van der Waals surface area contributed by atoms with E-state index in [-0.39, 0.29) is 12.0 Å². The van der Waals surface area contributed by atoms with E-state index < -0.39 is 13.0 Å². The molecule has 1 aliphatic heterocycles. The highest BCUT2D eigenvalue weighted by molar-refractivity contribution is 6.20. The van der Waals surface area contributed by atoms with E-state index >= 15 is 0 Å². The van der Waals surface area contributed by atoms with Crippen molar-refractivity contribution in [2.45, 2.75) is 24.6 Å². The summed E-state index contributed by atoms with van der Waals surface area (Å²) in [6.45, 7) is 0.900. The minimum Gasteiger partial charge on any atom is -0.490 e. The van der Waals surface area contributed by atoms with Gasteiger partial charge in [0.1, 0.15) is 6.61 Å². The highest BCUT2D eigenvalue weighted by Crippen LogP contribution is 2.35. The van der Waals surface area contributed by atoms with Crippen LogP contribution in [0.5, 0.6) is 11.5 Å². The molecule has 6 heteroatoms. The largest absolute Gasteiger partial charge is 0.490 e. The van der Waals surface area contributed by atoms with Gasteiger partial charge < -0.3 is 14.2 Å². The molecule has 0 radical (unpaired) electrons. The third-order valence-electron chi connectivity index (χ3n) is 2.89. The number of halogens is 3. The maximum atomic E-state index is 11.9. The van der Waals surface area contributed by atoms with Crippen molar-refractivity contribution in [2.24, 2.45) is 0 Å². The highest BCUT2D eigenvalue weighted by Gasteiger charge is 2.15. The standard InChI is InChI=1S/C14H17ClF2O3/c15-11(4-7-18-9-14(16)17)10-2-3-12-13(8-10)20-6-1-5-19-12/h2-3,8,11,14H,1,4-7,9H2. The molecule has 1 heterocycles. The van der Waals surface area contributed by atoms with Crippen LogP contribution in [0.2, 0.25) is 0 Å². The van der Waals surface area contributed by atoms with Crippen LogP contribution in [-0.4, -0.2) is 32.9 Å². The fourth-order valence-corrected chi connectivity index (χ4v) is 2.13. The van der Waals surface area contributed by atoms with Crippen molar-refractivity contribution in [3.05, 3.63) is 23.8 Å². The first-order valence-corrected chi connectivity index (χ1v) is 7.00. The van der Waals surface area contributed by atoms with Gasteiger partial charge in [-0.3, -0.25) is 0 Å². The predicted molar refractivity (Wildman–Crippen MR) is 72.1 cm³/mol. The van der Waals surface area contributed by atoms with Crippen molar-refractivity contribution in [1.82, 2.24) is 0 Å². The molecule has 1 atom stereocenters. The molecule has 0 bridgehead atoms. The number of ether oxygens (including phenoxy) is 3. The Hall–Kier alpha value is -1.07. The number of alkyl halides is 3. The summed E-state index contributed by atoms with van der Waals surface area (Å²) in [6.07, 6.45) is -1.13. The monoisotopic (exact) mass is 306 g/mol. The Labute approximate surface area is 121 Å². The van der Waals surface area contributed by atoms with Crippen molar-refractivity contribution in [3.8, 4) is 11.5 Å². The van der Waals surface area contributed by atoms with Crippen molar-refractivity contribution in [2.75, 3.05) is 26.4 Å². The summed E-state index contributed by atoms with van der Waals surface area (Å²) in [6, 6.07) is 5.52. The second kappa shape index (κ2) is 7.64. The Kier molecular flexibility index (Phi) is 5.86. The maximum absolute atomic E-state index is 11.9. The molecule has 112 valence electrons. The van der Waals surface area contributed by atoms with Crippen LogP contribution in [-0.2, 0) is 4.74 Å². The smallest absolute Gasteiger partial charge is 0.261 e. The first-order valence-electron chi connectivity index (χ1n) is 6.56. The highest BCUT2D eigenvalue weighted by atomic mass is 35.5. The first-order chi connectivity index (χ1) is 9.66. The van der Waals surface area contributed by atoms with Crippen molar-refractivity contribution in [1.29, 1.82) is 0 Å². The lowest BCUT2D eigenvalue weighted by Crippen LogP contribution is -2.07. The van der Waals surface area contributed by atoms with Gasteiger partial charge in [-0.25, -0.2) is 8.78 Å². The molecule has 0 N–H and O–H groups in total. The van der Waals surface area contributed by atoms with Crippen LogP contribution >= 0.6 is 11.6 Å². The van der Waals surface area contributed by atoms with Gasteiger partial charge in [-0.2, -0.15) is 0 Å². The van der Waals surface area contributed by atoms with Crippen LogP contribution in [0.25, 0.3) is 0 Å². The van der Waals surface area contributed by atoms with E-state index in [1.807, 2.05) is 18.2 Å². The van der Waals surface area contributed by atoms with E-state index in [9.17, 15) is 8.78 Å². The molecule has 1 aromatic rings. The number of hydrogen-bond donors (Lipinski definition) is 0. The topological polar surface area (TPSA) is 27.7 Å². The summed E-state index contributed by atoms with van der Waals surface area (Å²) in [7, 11) is 0. The molecule has 0 aliphatic carbocycles. The molecule has 20 heavy (non-hydrogen) atoms. The molecular formula is C14H17ClF2O3. The third-order valence-corrected chi connectivity index (χ3v) is 3.36. The summed E-state index contributed by atoms with van der Waals surface area (Å²) in [5.41, 5.74) is 0.872. The van der Waals surface area contributed by atoms with Crippen LogP contribution in [0.1, 0.15) is 23.8 Å². The summed E-state index contributed by atoms with van der Waals surface area (Å²) >= 11 is 6.24. The number of benzene rings is 1. The average Bonchev–Trinajstić information content (AvgIpc) is 2.67. The molecule has 3 nitrogen and oxygen atoms in total.